The molecule has 3 atom stereocenters. The van der Waals surface area contributed by atoms with Crippen LogP contribution in [0.4, 0.5) is 0 Å². The van der Waals surface area contributed by atoms with E-state index in [9.17, 15) is 9.59 Å². The summed E-state index contributed by atoms with van der Waals surface area (Å²) >= 11 is 6.32. The van der Waals surface area contributed by atoms with Crippen LogP contribution in [0.1, 0.15) is 44.7 Å². The van der Waals surface area contributed by atoms with Crippen LogP contribution in [0.5, 0.6) is 0 Å². The molecule has 6 nitrogen and oxygen atoms in total. The lowest BCUT2D eigenvalue weighted by Gasteiger charge is -2.35. The number of carbonyl (C=O) groups excluding carboxylic acids is 2. The molecule has 2 aliphatic heterocycles. The molecule has 2 unspecified atom stereocenters. The zero-order chi connectivity index (χ0) is 18.7. The summed E-state index contributed by atoms with van der Waals surface area (Å²) in [5.41, 5.74) is 7.92. The Bertz CT molecular complexity index is 661. The monoisotopic (exact) mass is 378 g/mol. The fraction of sp³-hybridized carbons (Fsp3) is 0.579. The van der Waals surface area contributed by atoms with Gasteiger partial charge in [0.1, 0.15) is 6.04 Å². The molecule has 3 N–H and O–H groups in total. The van der Waals surface area contributed by atoms with E-state index in [0.717, 1.165) is 42.9 Å². The van der Waals surface area contributed by atoms with Gasteiger partial charge < -0.3 is 10.2 Å². The number of nitrogens with one attached hydrogen (secondary N) is 3. The molecule has 2 amide bonds. The molecule has 3 rings (SSSR count). The van der Waals surface area contributed by atoms with Gasteiger partial charge in [0.2, 0.25) is 11.8 Å². The molecule has 0 aromatic heterocycles. The smallest absolute Gasteiger partial charge is 0.244 e. The minimum absolute atomic E-state index is 0.00472. The molecule has 2 heterocycles. The first-order chi connectivity index (χ1) is 12.5. The van der Waals surface area contributed by atoms with Crippen LogP contribution in [0, 0.1) is 5.92 Å². The molecule has 1 aromatic rings. The summed E-state index contributed by atoms with van der Waals surface area (Å²) in [5.74, 6) is 0.354. The van der Waals surface area contributed by atoms with Crippen LogP contribution in [0.2, 0.25) is 5.02 Å². The van der Waals surface area contributed by atoms with Crippen LogP contribution in [0.25, 0.3) is 0 Å². The van der Waals surface area contributed by atoms with Crippen LogP contribution in [0.15, 0.2) is 24.3 Å². The summed E-state index contributed by atoms with van der Waals surface area (Å²) in [6.45, 7) is 4.65. The number of amides is 2. The van der Waals surface area contributed by atoms with E-state index in [0.29, 0.717) is 12.0 Å². The summed E-state index contributed by atoms with van der Waals surface area (Å²) in [6.07, 6.45) is 2.92. The Labute approximate surface area is 159 Å². The second-order valence-corrected chi connectivity index (χ2v) is 7.70. The van der Waals surface area contributed by atoms with E-state index in [1.165, 1.54) is 6.92 Å². The Morgan fingerprint density at radius 1 is 1.23 bits per heavy atom. The molecule has 0 saturated carbocycles. The molecule has 0 radical (unpaired) electrons. The predicted molar refractivity (Wildman–Crippen MR) is 101 cm³/mol. The molecule has 2 saturated heterocycles. The number of halogens is 1. The number of hydrogen-bond donors (Lipinski definition) is 3. The fourth-order valence-corrected chi connectivity index (χ4v) is 4.28. The number of nitrogens with zero attached hydrogens (tertiary/aromatic N) is 1. The first-order valence-electron chi connectivity index (χ1n) is 9.27. The lowest BCUT2D eigenvalue weighted by Crippen LogP contribution is -2.50. The molecule has 2 aliphatic rings. The summed E-state index contributed by atoms with van der Waals surface area (Å²) in [5, 5.41) is 3.46. The van der Waals surface area contributed by atoms with Gasteiger partial charge in [-0.25, -0.2) is 5.43 Å². The van der Waals surface area contributed by atoms with E-state index in [1.807, 2.05) is 23.1 Å². The zero-order valence-electron chi connectivity index (χ0n) is 15.3. The number of rotatable bonds is 4. The lowest BCUT2D eigenvalue weighted by molar-refractivity contribution is -0.136. The van der Waals surface area contributed by atoms with E-state index in [1.54, 1.807) is 6.92 Å². The Hall–Kier alpha value is -1.63. The molecule has 142 valence electrons. The Balaban J connectivity index is 1.51. The molecule has 0 spiro atoms. The van der Waals surface area contributed by atoms with E-state index in [4.69, 9.17) is 11.6 Å². The topological polar surface area (TPSA) is 73.5 Å². The van der Waals surface area contributed by atoms with Crippen LogP contribution >= 0.6 is 11.6 Å². The van der Waals surface area contributed by atoms with Gasteiger partial charge in [-0.05, 0) is 43.7 Å². The van der Waals surface area contributed by atoms with Crippen LogP contribution in [0.3, 0.4) is 0 Å². The molecule has 26 heavy (non-hydrogen) atoms. The van der Waals surface area contributed by atoms with Crippen molar-refractivity contribution in [1.82, 2.24) is 21.1 Å². The van der Waals surface area contributed by atoms with Crippen molar-refractivity contribution in [2.75, 3.05) is 13.1 Å². The van der Waals surface area contributed by atoms with Crippen molar-refractivity contribution >= 4 is 23.4 Å². The van der Waals surface area contributed by atoms with Crippen molar-refractivity contribution in [3.05, 3.63) is 34.9 Å². The average Bonchev–Trinajstić information content (AvgIpc) is 3.11. The molecular formula is C19H27ClN4O2. The van der Waals surface area contributed by atoms with Crippen LogP contribution in [-0.4, -0.2) is 41.9 Å². The molecule has 7 heteroatoms. The quantitative estimate of drug-likeness (QED) is 0.749. The summed E-state index contributed by atoms with van der Waals surface area (Å²) in [4.78, 5) is 25.4. The SMILES string of the molecule is CC(=O)N[C@H](C)C(=O)N1CCC(C2CC(c3ccccc3Cl)NN2)CC1. The second kappa shape index (κ2) is 8.37. The molecule has 0 aliphatic carbocycles. The highest BCUT2D eigenvalue weighted by molar-refractivity contribution is 6.31. The first-order valence-corrected chi connectivity index (χ1v) is 9.65. The van der Waals surface area contributed by atoms with Gasteiger partial charge in [0, 0.05) is 37.1 Å². The predicted octanol–water partition coefficient (Wildman–Crippen LogP) is 2.01. The van der Waals surface area contributed by atoms with Crippen molar-refractivity contribution < 1.29 is 9.59 Å². The third-order valence-corrected chi connectivity index (χ3v) is 5.77. The number of likely N-dealkylation sites (tertiary alicyclic amines) is 1. The fourth-order valence-electron chi connectivity index (χ4n) is 4.01. The molecular weight excluding hydrogens is 352 g/mol. The highest BCUT2D eigenvalue weighted by Gasteiger charge is 2.35. The Morgan fingerprint density at radius 3 is 2.58 bits per heavy atom. The minimum atomic E-state index is -0.458. The number of hydrazine groups is 1. The molecule has 1 aromatic carbocycles. The Kier molecular flexibility index (Phi) is 6.16. The third kappa shape index (κ3) is 4.37. The van der Waals surface area contributed by atoms with Crippen LogP contribution in [-0.2, 0) is 9.59 Å². The first kappa shape index (κ1) is 19.1. The van der Waals surface area contributed by atoms with Crippen molar-refractivity contribution in [1.29, 1.82) is 0 Å². The van der Waals surface area contributed by atoms with Gasteiger partial charge in [-0.3, -0.25) is 15.0 Å². The molecule has 2 fully saturated rings. The normalized spacial score (nSPS) is 25.1. The summed E-state index contributed by atoms with van der Waals surface area (Å²) in [6, 6.07) is 8.08. The maximum Gasteiger partial charge on any atom is 0.244 e. The second-order valence-electron chi connectivity index (χ2n) is 7.29. The summed E-state index contributed by atoms with van der Waals surface area (Å²) in [7, 11) is 0. The number of piperidine rings is 1. The standard InChI is InChI=1S/C19H27ClN4O2/c1-12(21-13(2)25)19(26)24-9-7-14(8-10-24)17-11-18(23-22-17)15-5-3-4-6-16(15)20/h3-6,12,14,17-18,22-23H,7-11H2,1-2H3,(H,21,25)/t12-,17?,18?/m1/s1. The highest BCUT2D eigenvalue weighted by atomic mass is 35.5. The van der Waals surface area contributed by atoms with E-state index < -0.39 is 6.04 Å². The van der Waals surface area contributed by atoms with Crippen LogP contribution < -0.4 is 16.2 Å². The van der Waals surface area contributed by atoms with Gasteiger partial charge in [-0.15, -0.1) is 0 Å². The number of carbonyl (C=O) groups is 2. The van der Waals surface area contributed by atoms with Gasteiger partial charge in [0.25, 0.3) is 0 Å². The van der Waals surface area contributed by atoms with E-state index in [-0.39, 0.29) is 17.9 Å². The summed E-state index contributed by atoms with van der Waals surface area (Å²) < 4.78 is 0. The minimum Gasteiger partial charge on any atom is -0.345 e. The van der Waals surface area contributed by atoms with E-state index >= 15 is 0 Å². The maximum absolute atomic E-state index is 12.4. The number of hydrogen-bond acceptors (Lipinski definition) is 4. The Morgan fingerprint density at radius 2 is 1.92 bits per heavy atom. The molecule has 0 bridgehead atoms. The van der Waals surface area contributed by atoms with Gasteiger partial charge in [0.15, 0.2) is 0 Å². The van der Waals surface area contributed by atoms with Crippen molar-refractivity contribution in [2.24, 2.45) is 5.92 Å². The van der Waals surface area contributed by atoms with Crippen molar-refractivity contribution in [3.63, 3.8) is 0 Å². The van der Waals surface area contributed by atoms with Crippen molar-refractivity contribution in [3.8, 4) is 0 Å². The largest absolute Gasteiger partial charge is 0.345 e. The number of benzene rings is 1. The highest BCUT2D eigenvalue weighted by Crippen LogP contribution is 2.33. The van der Waals surface area contributed by atoms with Gasteiger partial charge in [-0.2, -0.15) is 0 Å². The average molecular weight is 379 g/mol. The third-order valence-electron chi connectivity index (χ3n) is 5.42. The van der Waals surface area contributed by atoms with E-state index in [2.05, 4.69) is 22.2 Å². The van der Waals surface area contributed by atoms with Gasteiger partial charge in [-0.1, -0.05) is 29.8 Å². The zero-order valence-corrected chi connectivity index (χ0v) is 16.1. The van der Waals surface area contributed by atoms with Gasteiger partial charge >= 0.3 is 0 Å². The lowest BCUT2D eigenvalue weighted by atomic mass is 9.86. The van der Waals surface area contributed by atoms with Gasteiger partial charge in [0.05, 0.1) is 0 Å². The maximum atomic E-state index is 12.4. The van der Waals surface area contributed by atoms with Crippen molar-refractivity contribution in [2.45, 2.75) is 51.2 Å².